The number of rotatable bonds is 7. The molecule has 0 spiro atoms. The topological polar surface area (TPSA) is 114 Å². The number of hydrogen-bond donors (Lipinski definition) is 2. The van der Waals surface area contributed by atoms with Crippen LogP contribution in [0.25, 0.3) is 10.7 Å². The largest absolute Gasteiger partial charge is 0.480 e. The first-order chi connectivity index (χ1) is 11.8. The second kappa shape index (κ2) is 8.13. The molecule has 0 aliphatic rings. The first kappa shape index (κ1) is 18.9. The Morgan fingerprint density at radius 2 is 2.12 bits per heavy atom. The van der Waals surface area contributed by atoms with E-state index in [1.54, 1.807) is 17.8 Å². The Hall–Kier alpha value is -2.39. The van der Waals surface area contributed by atoms with Crippen LogP contribution in [-0.2, 0) is 9.53 Å². The molecular weight excluding hydrogens is 344 g/mol. The molecule has 2 aromatic heterocycles. The fraction of sp³-hybridized carbons (Fsp3) is 0.438. The summed E-state index contributed by atoms with van der Waals surface area (Å²) in [6.07, 6.45) is 4.79. The van der Waals surface area contributed by atoms with E-state index in [4.69, 9.17) is 4.74 Å². The number of thiazole rings is 1. The number of carboxylic acid groups (broad SMARTS) is 1. The Morgan fingerprint density at radius 3 is 2.72 bits per heavy atom. The second-order valence-corrected chi connectivity index (χ2v) is 7.10. The maximum atomic E-state index is 12.3. The third-order valence-electron chi connectivity index (χ3n) is 3.06. The van der Waals surface area contributed by atoms with Crippen LogP contribution in [0.1, 0.15) is 37.7 Å². The van der Waals surface area contributed by atoms with Crippen molar-refractivity contribution in [2.45, 2.75) is 38.8 Å². The summed E-state index contributed by atoms with van der Waals surface area (Å²) in [4.78, 5) is 35.9. The molecule has 0 fully saturated rings. The molecule has 0 saturated carbocycles. The number of nitrogens with zero attached hydrogens (tertiary/aromatic N) is 3. The van der Waals surface area contributed by atoms with E-state index in [2.05, 4.69) is 20.3 Å². The van der Waals surface area contributed by atoms with Gasteiger partial charge in [0.25, 0.3) is 5.91 Å². The minimum atomic E-state index is -1.12. The predicted molar refractivity (Wildman–Crippen MR) is 92.4 cm³/mol. The average molecular weight is 364 g/mol. The first-order valence-corrected chi connectivity index (χ1v) is 8.54. The highest BCUT2D eigenvalue weighted by Gasteiger charge is 2.23. The zero-order valence-corrected chi connectivity index (χ0v) is 15.0. The number of carbonyl (C=O) groups excluding carboxylic acids is 1. The maximum absolute atomic E-state index is 12.3. The Kier molecular flexibility index (Phi) is 6.16. The van der Waals surface area contributed by atoms with E-state index in [0.29, 0.717) is 10.7 Å². The molecule has 9 heteroatoms. The molecule has 0 aromatic carbocycles. The molecule has 8 nitrogen and oxygen atoms in total. The van der Waals surface area contributed by atoms with Crippen molar-refractivity contribution in [2.24, 2.45) is 0 Å². The van der Waals surface area contributed by atoms with Gasteiger partial charge in [-0.2, -0.15) is 0 Å². The molecule has 0 radical (unpaired) electrons. The van der Waals surface area contributed by atoms with Crippen LogP contribution in [0.3, 0.4) is 0 Å². The smallest absolute Gasteiger partial charge is 0.326 e. The lowest BCUT2D eigenvalue weighted by molar-refractivity contribution is -0.140. The molecule has 0 aliphatic carbocycles. The molecule has 2 rings (SSSR count). The minimum Gasteiger partial charge on any atom is -0.480 e. The summed E-state index contributed by atoms with van der Waals surface area (Å²) < 4.78 is 5.52. The second-order valence-electron chi connectivity index (χ2n) is 6.24. The Balaban J connectivity index is 1.99. The van der Waals surface area contributed by atoms with Gasteiger partial charge in [-0.15, -0.1) is 11.3 Å². The lowest BCUT2D eigenvalue weighted by Crippen LogP contribution is -2.42. The van der Waals surface area contributed by atoms with Crippen LogP contribution in [0.5, 0.6) is 0 Å². The minimum absolute atomic E-state index is 0.147. The van der Waals surface area contributed by atoms with E-state index in [-0.39, 0.29) is 24.3 Å². The molecule has 0 aliphatic heterocycles. The van der Waals surface area contributed by atoms with E-state index < -0.39 is 17.9 Å². The first-order valence-electron chi connectivity index (χ1n) is 7.66. The van der Waals surface area contributed by atoms with Crippen molar-refractivity contribution in [3.8, 4) is 10.7 Å². The van der Waals surface area contributed by atoms with Gasteiger partial charge in [0, 0.05) is 30.8 Å². The summed E-state index contributed by atoms with van der Waals surface area (Å²) in [5, 5.41) is 13.9. The van der Waals surface area contributed by atoms with Crippen LogP contribution in [0.15, 0.2) is 24.0 Å². The van der Waals surface area contributed by atoms with Crippen molar-refractivity contribution in [1.82, 2.24) is 20.3 Å². The molecule has 1 unspecified atom stereocenters. The maximum Gasteiger partial charge on any atom is 0.326 e. The lowest BCUT2D eigenvalue weighted by atomic mass is 10.1. The zero-order chi connectivity index (χ0) is 18.4. The summed E-state index contributed by atoms with van der Waals surface area (Å²) in [7, 11) is 0. The van der Waals surface area contributed by atoms with Crippen molar-refractivity contribution in [1.29, 1.82) is 0 Å². The lowest BCUT2D eigenvalue weighted by Gasteiger charge is -2.21. The van der Waals surface area contributed by atoms with Crippen LogP contribution in [0.2, 0.25) is 0 Å². The van der Waals surface area contributed by atoms with Crippen molar-refractivity contribution in [2.75, 3.05) is 6.61 Å². The normalized spacial score (nSPS) is 12.6. The fourth-order valence-electron chi connectivity index (χ4n) is 1.88. The summed E-state index contributed by atoms with van der Waals surface area (Å²) in [5.41, 5.74) is 0.335. The Bertz CT molecular complexity index is 727. The molecule has 134 valence electrons. The van der Waals surface area contributed by atoms with E-state index in [9.17, 15) is 14.7 Å². The van der Waals surface area contributed by atoms with Crippen LogP contribution in [0, 0.1) is 0 Å². The Labute approximate surface area is 149 Å². The van der Waals surface area contributed by atoms with Gasteiger partial charge in [0.1, 0.15) is 22.4 Å². The number of amides is 1. The van der Waals surface area contributed by atoms with Crippen molar-refractivity contribution >= 4 is 23.2 Å². The molecule has 2 N–H and O–H groups in total. The molecule has 0 bridgehead atoms. The molecule has 2 aromatic rings. The fourth-order valence-corrected chi connectivity index (χ4v) is 2.64. The molecule has 2 heterocycles. The quantitative estimate of drug-likeness (QED) is 0.772. The third-order valence-corrected chi connectivity index (χ3v) is 3.93. The van der Waals surface area contributed by atoms with Gasteiger partial charge in [-0.05, 0) is 20.8 Å². The van der Waals surface area contributed by atoms with Crippen LogP contribution >= 0.6 is 11.3 Å². The van der Waals surface area contributed by atoms with Crippen LogP contribution < -0.4 is 5.32 Å². The highest BCUT2D eigenvalue weighted by molar-refractivity contribution is 7.13. The summed E-state index contributed by atoms with van der Waals surface area (Å²) in [5.74, 6) is -1.66. The van der Waals surface area contributed by atoms with Crippen LogP contribution in [-0.4, -0.2) is 50.2 Å². The molecular formula is C16H20N4O4S. The number of aliphatic carboxylic acids is 1. The Morgan fingerprint density at radius 1 is 1.36 bits per heavy atom. The number of aromatic nitrogens is 3. The number of nitrogens with one attached hydrogen (secondary N) is 1. The van der Waals surface area contributed by atoms with Gasteiger partial charge in [0.05, 0.1) is 11.8 Å². The van der Waals surface area contributed by atoms with E-state index in [1.165, 1.54) is 17.5 Å². The van der Waals surface area contributed by atoms with E-state index in [0.717, 1.165) is 0 Å². The monoisotopic (exact) mass is 364 g/mol. The summed E-state index contributed by atoms with van der Waals surface area (Å²) in [6.45, 7) is 5.86. The van der Waals surface area contributed by atoms with Crippen molar-refractivity contribution in [3.05, 3.63) is 29.7 Å². The summed E-state index contributed by atoms with van der Waals surface area (Å²) in [6, 6.07) is -1.04. The third kappa shape index (κ3) is 5.87. The number of carbonyl (C=O) groups is 2. The van der Waals surface area contributed by atoms with Crippen molar-refractivity contribution in [3.63, 3.8) is 0 Å². The van der Waals surface area contributed by atoms with Gasteiger partial charge in [-0.25, -0.2) is 9.78 Å². The SMILES string of the molecule is CC(C)(C)OCCC(NC(=O)c1csc(-c2cnccn2)n1)C(=O)O. The van der Waals surface area contributed by atoms with Crippen molar-refractivity contribution < 1.29 is 19.4 Å². The van der Waals surface area contributed by atoms with Crippen LogP contribution in [0.4, 0.5) is 0 Å². The number of hydrogen-bond acceptors (Lipinski definition) is 7. The van der Waals surface area contributed by atoms with Gasteiger partial charge >= 0.3 is 5.97 Å². The molecule has 1 amide bonds. The van der Waals surface area contributed by atoms with Gasteiger partial charge < -0.3 is 15.2 Å². The molecule has 1 atom stereocenters. The average Bonchev–Trinajstić information content (AvgIpc) is 3.03. The highest BCUT2D eigenvalue weighted by Crippen LogP contribution is 2.20. The van der Waals surface area contributed by atoms with E-state index >= 15 is 0 Å². The predicted octanol–water partition coefficient (Wildman–Crippen LogP) is 1.99. The molecule has 0 saturated heterocycles. The standard InChI is InChI=1S/C16H20N4O4S/c1-16(2,3)24-7-4-10(15(22)23)19-13(21)12-9-25-14(20-12)11-8-17-5-6-18-11/h5-6,8-10H,4,7H2,1-3H3,(H,19,21)(H,22,23). The number of carboxylic acids is 1. The highest BCUT2D eigenvalue weighted by atomic mass is 32.1. The van der Waals surface area contributed by atoms with Gasteiger partial charge in [0.2, 0.25) is 0 Å². The van der Waals surface area contributed by atoms with Gasteiger partial charge in [-0.1, -0.05) is 0 Å². The number of ether oxygens (including phenoxy) is 1. The van der Waals surface area contributed by atoms with E-state index in [1.807, 2.05) is 20.8 Å². The zero-order valence-electron chi connectivity index (χ0n) is 14.2. The molecule has 25 heavy (non-hydrogen) atoms. The van der Waals surface area contributed by atoms with Gasteiger partial charge in [-0.3, -0.25) is 14.8 Å². The summed E-state index contributed by atoms with van der Waals surface area (Å²) >= 11 is 1.24. The van der Waals surface area contributed by atoms with Gasteiger partial charge in [0.15, 0.2) is 0 Å².